The maximum absolute atomic E-state index is 12.9. The summed E-state index contributed by atoms with van der Waals surface area (Å²) in [5.41, 5.74) is 5.76. The second-order valence-electron chi connectivity index (χ2n) is 8.52. The van der Waals surface area contributed by atoms with Gasteiger partial charge in [0.15, 0.2) is 0 Å². The Balaban J connectivity index is 1.29. The average molecular weight is 433 g/mol. The first-order chi connectivity index (χ1) is 15.2. The summed E-state index contributed by atoms with van der Waals surface area (Å²) in [6, 6.07) is 16.9. The number of aryl methyl sites for hydroxylation is 1. The topological polar surface area (TPSA) is 48.5 Å². The number of likely N-dealkylation sites (N-methyl/N-ethyl adjacent to an activating group) is 1. The molecular weight excluding hydrogens is 404 g/mol. The average Bonchev–Trinajstić information content (AvgIpc) is 3.31. The Morgan fingerprint density at radius 1 is 1.06 bits per heavy atom. The quantitative estimate of drug-likeness (QED) is 0.680. The number of carbonyl (C=O) groups excluding carboxylic acids is 1. The lowest BCUT2D eigenvalue weighted by molar-refractivity contribution is 0.0929. The molecule has 5 rings (SSSR count). The number of amides is 1. The lowest BCUT2D eigenvalue weighted by atomic mass is 9.86. The van der Waals surface area contributed by atoms with E-state index < -0.39 is 0 Å². The molecule has 2 aromatic carbocycles. The lowest BCUT2D eigenvalue weighted by Gasteiger charge is -2.37. The smallest absolute Gasteiger partial charge is 0.271 e. The molecule has 0 radical (unpaired) electrons. The number of benzene rings is 2. The van der Waals surface area contributed by atoms with Gasteiger partial charge >= 0.3 is 0 Å². The Hall–Kier alpha value is -2.70. The van der Waals surface area contributed by atoms with Gasteiger partial charge in [-0.1, -0.05) is 42.5 Å². The number of nitrogens with one attached hydrogen (secondary N) is 1. The van der Waals surface area contributed by atoms with Crippen LogP contribution in [0.25, 0.3) is 10.6 Å². The summed E-state index contributed by atoms with van der Waals surface area (Å²) in [4.78, 5) is 22.4. The monoisotopic (exact) mass is 432 g/mol. The van der Waals surface area contributed by atoms with Crippen LogP contribution in [0.2, 0.25) is 0 Å². The van der Waals surface area contributed by atoms with Gasteiger partial charge in [-0.25, -0.2) is 4.98 Å². The molecule has 2 heterocycles. The highest BCUT2D eigenvalue weighted by Gasteiger charge is 2.26. The van der Waals surface area contributed by atoms with Crippen molar-refractivity contribution < 1.29 is 4.79 Å². The van der Waals surface area contributed by atoms with Gasteiger partial charge in [0.05, 0.1) is 0 Å². The molecule has 0 spiro atoms. The fourth-order valence-electron chi connectivity index (χ4n) is 4.59. The van der Waals surface area contributed by atoms with Crippen molar-refractivity contribution in [2.24, 2.45) is 0 Å². The summed E-state index contributed by atoms with van der Waals surface area (Å²) in [6.45, 7) is 4.31. The predicted octanol–water partition coefficient (Wildman–Crippen LogP) is 3.85. The van der Waals surface area contributed by atoms with Crippen molar-refractivity contribution in [2.45, 2.75) is 25.3 Å². The van der Waals surface area contributed by atoms with E-state index in [0.717, 1.165) is 56.0 Å². The molecule has 0 saturated carbocycles. The number of carbonyl (C=O) groups is 1. The van der Waals surface area contributed by atoms with Gasteiger partial charge in [0, 0.05) is 48.9 Å². The standard InChI is InChI=1S/C25H28N4OS/c1-28-12-14-29(15-13-28)23-9-5-8-18-10-11-20(16-21(18)23)26-24(30)22-17-31-25(27-22)19-6-3-2-4-7-19/h2-9,17,20H,10-16H2,1H3,(H,26,30). The van der Waals surface area contributed by atoms with E-state index in [1.54, 1.807) is 0 Å². The Bertz CT molecular complexity index is 1060. The minimum atomic E-state index is -0.0658. The van der Waals surface area contributed by atoms with E-state index in [1.165, 1.54) is 28.2 Å². The van der Waals surface area contributed by atoms with Crippen LogP contribution >= 0.6 is 11.3 Å². The summed E-state index contributed by atoms with van der Waals surface area (Å²) in [5, 5.41) is 6.01. The minimum Gasteiger partial charge on any atom is -0.369 e. The number of aromatic nitrogens is 1. The first-order valence-electron chi connectivity index (χ1n) is 11.0. The normalized spacial score (nSPS) is 19.1. The number of piperazine rings is 1. The zero-order chi connectivity index (χ0) is 21.2. The number of hydrogen-bond donors (Lipinski definition) is 1. The van der Waals surface area contributed by atoms with E-state index in [1.807, 2.05) is 35.7 Å². The largest absolute Gasteiger partial charge is 0.369 e. The van der Waals surface area contributed by atoms with Gasteiger partial charge in [-0.3, -0.25) is 4.79 Å². The molecule has 1 unspecified atom stereocenters. The van der Waals surface area contributed by atoms with Crippen LogP contribution in [0.4, 0.5) is 5.69 Å². The number of anilines is 1. The third kappa shape index (κ3) is 4.36. The Kier molecular flexibility index (Phi) is 5.74. The van der Waals surface area contributed by atoms with Crippen LogP contribution in [0, 0.1) is 0 Å². The molecule has 160 valence electrons. The Labute approximate surface area is 187 Å². The molecule has 1 amide bonds. The van der Waals surface area contributed by atoms with Crippen LogP contribution in [0.15, 0.2) is 53.9 Å². The number of rotatable bonds is 4. The van der Waals surface area contributed by atoms with E-state index in [0.29, 0.717) is 5.69 Å². The molecular formula is C25H28N4OS. The van der Waals surface area contributed by atoms with Crippen molar-refractivity contribution in [1.29, 1.82) is 0 Å². The molecule has 1 aliphatic heterocycles. The Morgan fingerprint density at radius 2 is 1.87 bits per heavy atom. The van der Waals surface area contributed by atoms with E-state index in [-0.39, 0.29) is 11.9 Å². The van der Waals surface area contributed by atoms with Crippen LogP contribution in [-0.2, 0) is 12.8 Å². The molecule has 1 saturated heterocycles. The fourth-order valence-corrected chi connectivity index (χ4v) is 5.39. The van der Waals surface area contributed by atoms with Crippen LogP contribution < -0.4 is 10.2 Å². The summed E-state index contributed by atoms with van der Waals surface area (Å²) in [6.07, 6.45) is 2.87. The fraction of sp³-hybridized carbons (Fsp3) is 0.360. The van der Waals surface area contributed by atoms with Crippen molar-refractivity contribution in [3.8, 4) is 10.6 Å². The van der Waals surface area contributed by atoms with Crippen molar-refractivity contribution in [1.82, 2.24) is 15.2 Å². The molecule has 1 aliphatic carbocycles. The van der Waals surface area contributed by atoms with E-state index in [4.69, 9.17) is 0 Å². The minimum absolute atomic E-state index is 0.0658. The highest BCUT2D eigenvalue weighted by atomic mass is 32.1. The molecule has 2 aliphatic rings. The summed E-state index contributed by atoms with van der Waals surface area (Å²) >= 11 is 1.52. The second-order valence-corrected chi connectivity index (χ2v) is 9.38. The highest BCUT2D eigenvalue weighted by molar-refractivity contribution is 7.13. The van der Waals surface area contributed by atoms with Gasteiger partial charge in [0.2, 0.25) is 0 Å². The lowest BCUT2D eigenvalue weighted by Crippen LogP contribution is -2.45. The number of nitrogens with zero attached hydrogens (tertiary/aromatic N) is 3. The number of thiazole rings is 1. The van der Waals surface area contributed by atoms with Gasteiger partial charge in [-0.05, 0) is 43.5 Å². The maximum Gasteiger partial charge on any atom is 0.271 e. The SMILES string of the molecule is CN1CCN(c2cccc3c2CC(NC(=O)c2csc(-c4ccccc4)n2)CC3)CC1. The van der Waals surface area contributed by atoms with Crippen LogP contribution in [0.1, 0.15) is 28.0 Å². The molecule has 1 N–H and O–H groups in total. The molecule has 5 nitrogen and oxygen atoms in total. The van der Waals surface area contributed by atoms with Gasteiger partial charge in [0.1, 0.15) is 10.7 Å². The maximum atomic E-state index is 12.9. The molecule has 1 aromatic heterocycles. The van der Waals surface area contributed by atoms with Gasteiger partial charge < -0.3 is 15.1 Å². The molecule has 6 heteroatoms. The molecule has 3 aromatic rings. The van der Waals surface area contributed by atoms with Gasteiger partial charge in [-0.2, -0.15) is 0 Å². The summed E-state index contributed by atoms with van der Waals surface area (Å²) in [7, 11) is 2.19. The van der Waals surface area contributed by atoms with Gasteiger partial charge in [-0.15, -0.1) is 11.3 Å². The number of fused-ring (bicyclic) bond motifs is 1. The first-order valence-corrected chi connectivity index (χ1v) is 11.9. The third-order valence-corrected chi connectivity index (χ3v) is 7.29. The van der Waals surface area contributed by atoms with Crippen molar-refractivity contribution in [3.05, 3.63) is 70.7 Å². The predicted molar refractivity (Wildman–Crippen MR) is 127 cm³/mol. The summed E-state index contributed by atoms with van der Waals surface area (Å²) < 4.78 is 0. The molecule has 31 heavy (non-hydrogen) atoms. The molecule has 1 fully saturated rings. The molecule has 0 bridgehead atoms. The van der Waals surface area contributed by atoms with E-state index in [2.05, 4.69) is 45.3 Å². The van der Waals surface area contributed by atoms with E-state index >= 15 is 0 Å². The van der Waals surface area contributed by atoms with Crippen molar-refractivity contribution >= 4 is 22.9 Å². The second kappa shape index (κ2) is 8.81. The van der Waals surface area contributed by atoms with Crippen LogP contribution in [0.3, 0.4) is 0 Å². The van der Waals surface area contributed by atoms with Crippen molar-refractivity contribution in [3.63, 3.8) is 0 Å². The van der Waals surface area contributed by atoms with Crippen molar-refractivity contribution in [2.75, 3.05) is 38.1 Å². The first kappa shape index (κ1) is 20.2. The highest BCUT2D eigenvalue weighted by Crippen LogP contribution is 2.31. The van der Waals surface area contributed by atoms with Gasteiger partial charge in [0.25, 0.3) is 5.91 Å². The zero-order valence-corrected chi connectivity index (χ0v) is 18.7. The number of hydrogen-bond acceptors (Lipinski definition) is 5. The van der Waals surface area contributed by atoms with Crippen LogP contribution in [-0.4, -0.2) is 55.1 Å². The zero-order valence-electron chi connectivity index (χ0n) is 17.9. The summed E-state index contributed by atoms with van der Waals surface area (Å²) in [5.74, 6) is -0.0658. The Morgan fingerprint density at radius 3 is 2.68 bits per heavy atom. The van der Waals surface area contributed by atoms with Crippen LogP contribution in [0.5, 0.6) is 0 Å². The molecule has 1 atom stereocenters. The third-order valence-electron chi connectivity index (χ3n) is 6.40. The van der Waals surface area contributed by atoms with E-state index in [9.17, 15) is 4.79 Å².